The topological polar surface area (TPSA) is 68.0 Å². The predicted octanol–water partition coefficient (Wildman–Crippen LogP) is 3.46. The largest absolute Gasteiger partial charge is 0.493 e. The standard InChI is InChI=1S/C18H17ClN4O2/c1-3-25-15-7-5-4-6-13(15)10-20-22-18(24)17-12(2)21-16-9-8-14(19)11-23(16)17/h4-11H,3H2,1-2H3,(H,22,24). The number of nitrogens with zero attached hydrogens (tertiary/aromatic N) is 3. The molecule has 0 aliphatic carbocycles. The second-order valence-electron chi connectivity index (χ2n) is 5.29. The number of fused-ring (bicyclic) bond motifs is 1. The molecule has 1 amide bonds. The van der Waals surface area contributed by atoms with Crippen molar-refractivity contribution in [3.63, 3.8) is 0 Å². The summed E-state index contributed by atoms with van der Waals surface area (Å²) < 4.78 is 7.17. The number of benzene rings is 1. The molecule has 7 heteroatoms. The third-order valence-corrected chi connectivity index (χ3v) is 3.78. The molecule has 0 aliphatic heterocycles. The lowest BCUT2D eigenvalue weighted by molar-refractivity contribution is 0.0948. The van der Waals surface area contributed by atoms with Gasteiger partial charge in [0, 0.05) is 11.8 Å². The number of hydrogen-bond donors (Lipinski definition) is 1. The normalized spacial score (nSPS) is 11.2. The van der Waals surface area contributed by atoms with Crippen LogP contribution in [0.2, 0.25) is 5.02 Å². The molecule has 128 valence electrons. The number of aryl methyl sites for hydroxylation is 1. The lowest BCUT2D eigenvalue weighted by atomic mass is 10.2. The monoisotopic (exact) mass is 356 g/mol. The van der Waals surface area contributed by atoms with Crippen molar-refractivity contribution in [2.45, 2.75) is 13.8 Å². The molecule has 0 saturated heterocycles. The highest BCUT2D eigenvalue weighted by Gasteiger charge is 2.16. The Morgan fingerprint density at radius 1 is 1.36 bits per heavy atom. The molecule has 2 aromatic heterocycles. The summed E-state index contributed by atoms with van der Waals surface area (Å²) in [6.45, 7) is 4.23. The molecular weight excluding hydrogens is 340 g/mol. The molecule has 1 aromatic carbocycles. The van der Waals surface area contributed by atoms with Crippen molar-refractivity contribution >= 4 is 29.4 Å². The minimum atomic E-state index is -0.364. The van der Waals surface area contributed by atoms with E-state index in [0.717, 1.165) is 5.56 Å². The number of amides is 1. The van der Waals surface area contributed by atoms with Crippen molar-refractivity contribution in [2.24, 2.45) is 5.10 Å². The Morgan fingerprint density at radius 2 is 2.16 bits per heavy atom. The Bertz CT molecular complexity index is 949. The van der Waals surface area contributed by atoms with Crippen LogP contribution in [0.15, 0.2) is 47.7 Å². The van der Waals surface area contributed by atoms with Gasteiger partial charge < -0.3 is 4.74 Å². The van der Waals surface area contributed by atoms with Crippen LogP contribution in [0.25, 0.3) is 5.65 Å². The maximum absolute atomic E-state index is 12.5. The van der Waals surface area contributed by atoms with Crippen molar-refractivity contribution in [1.29, 1.82) is 0 Å². The van der Waals surface area contributed by atoms with Gasteiger partial charge in [-0.25, -0.2) is 10.4 Å². The molecule has 0 aliphatic rings. The molecule has 0 radical (unpaired) electrons. The summed E-state index contributed by atoms with van der Waals surface area (Å²) in [5.41, 5.74) is 4.95. The highest BCUT2D eigenvalue weighted by atomic mass is 35.5. The van der Waals surface area contributed by atoms with Gasteiger partial charge in [0.2, 0.25) is 0 Å². The first-order valence-corrected chi connectivity index (χ1v) is 8.17. The average molecular weight is 357 g/mol. The summed E-state index contributed by atoms with van der Waals surface area (Å²) in [6.07, 6.45) is 3.20. The van der Waals surface area contributed by atoms with Gasteiger partial charge in [-0.05, 0) is 38.1 Å². The molecule has 3 aromatic rings. The SMILES string of the molecule is CCOc1ccccc1C=NNC(=O)c1c(C)nc2ccc(Cl)cn12. The van der Waals surface area contributed by atoms with Crippen LogP contribution in [-0.4, -0.2) is 28.1 Å². The number of rotatable bonds is 5. The minimum absolute atomic E-state index is 0.364. The summed E-state index contributed by atoms with van der Waals surface area (Å²) in [5, 5.41) is 4.55. The number of para-hydroxylation sites is 1. The van der Waals surface area contributed by atoms with Crippen molar-refractivity contribution in [2.75, 3.05) is 6.61 Å². The van der Waals surface area contributed by atoms with Gasteiger partial charge in [0.25, 0.3) is 5.91 Å². The lowest BCUT2D eigenvalue weighted by Gasteiger charge is -2.06. The minimum Gasteiger partial charge on any atom is -0.493 e. The molecule has 0 spiro atoms. The Hall–Kier alpha value is -2.86. The van der Waals surface area contributed by atoms with Gasteiger partial charge in [-0.15, -0.1) is 0 Å². The number of ether oxygens (including phenoxy) is 1. The summed E-state index contributed by atoms with van der Waals surface area (Å²) in [5.74, 6) is 0.346. The molecule has 2 heterocycles. The maximum atomic E-state index is 12.5. The second kappa shape index (κ2) is 7.36. The Labute approximate surface area is 150 Å². The smallest absolute Gasteiger partial charge is 0.290 e. The van der Waals surface area contributed by atoms with Gasteiger partial charge in [0.15, 0.2) is 0 Å². The zero-order chi connectivity index (χ0) is 17.8. The molecular formula is C18H17ClN4O2. The highest BCUT2D eigenvalue weighted by Crippen LogP contribution is 2.17. The van der Waals surface area contributed by atoms with E-state index in [-0.39, 0.29) is 5.91 Å². The van der Waals surface area contributed by atoms with Gasteiger partial charge >= 0.3 is 0 Å². The number of carbonyl (C=O) groups excluding carboxylic acids is 1. The molecule has 0 bridgehead atoms. The fourth-order valence-corrected chi connectivity index (χ4v) is 2.66. The number of aromatic nitrogens is 2. The first kappa shape index (κ1) is 17.0. The third-order valence-electron chi connectivity index (χ3n) is 3.56. The summed E-state index contributed by atoms with van der Waals surface area (Å²) in [7, 11) is 0. The van der Waals surface area contributed by atoms with E-state index < -0.39 is 0 Å². The highest BCUT2D eigenvalue weighted by molar-refractivity contribution is 6.30. The van der Waals surface area contributed by atoms with E-state index in [1.165, 1.54) is 0 Å². The van der Waals surface area contributed by atoms with Gasteiger partial charge in [-0.2, -0.15) is 5.10 Å². The van der Waals surface area contributed by atoms with Gasteiger partial charge in [0.1, 0.15) is 17.1 Å². The fraction of sp³-hybridized carbons (Fsp3) is 0.167. The number of hydrogen-bond acceptors (Lipinski definition) is 4. The molecule has 25 heavy (non-hydrogen) atoms. The number of pyridine rings is 1. The lowest BCUT2D eigenvalue weighted by Crippen LogP contribution is -2.20. The number of halogens is 1. The van der Waals surface area contributed by atoms with Crippen molar-refractivity contribution in [3.05, 3.63) is 64.6 Å². The molecule has 3 rings (SSSR count). The average Bonchev–Trinajstić information content (AvgIpc) is 2.91. The number of nitrogens with one attached hydrogen (secondary N) is 1. The van der Waals surface area contributed by atoms with Crippen LogP contribution in [0.4, 0.5) is 0 Å². The zero-order valence-electron chi connectivity index (χ0n) is 13.9. The Morgan fingerprint density at radius 3 is 2.96 bits per heavy atom. The molecule has 0 unspecified atom stereocenters. The van der Waals surface area contributed by atoms with Crippen LogP contribution in [0.3, 0.4) is 0 Å². The number of hydrazone groups is 1. The van der Waals surface area contributed by atoms with Crippen LogP contribution in [0.5, 0.6) is 5.75 Å². The first-order valence-electron chi connectivity index (χ1n) is 7.79. The quantitative estimate of drug-likeness (QED) is 0.562. The van der Waals surface area contributed by atoms with Crippen LogP contribution in [0, 0.1) is 6.92 Å². The predicted molar refractivity (Wildman–Crippen MR) is 97.6 cm³/mol. The van der Waals surface area contributed by atoms with Gasteiger partial charge in [-0.3, -0.25) is 9.20 Å². The van der Waals surface area contributed by atoms with E-state index in [0.29, 0.717) is 34.4 Å². The maximum Gasteiger partial charge on any atom is 0.290 e. The first-order chi connectivity index (χ1) is 12.1. The van der Waals surface area contributed by atoms with Crippen LogP contribution in [-0.2, 0) is 0 Å². The fourth-order valence-electron chi connectivity index (χ4n) is 2.50. The van der Waals surface area contributed by atoms with E-state index in [2.05, 4.69) is 15.5 Å². The van der Waals surface area contributed by atoms with Gasteiger partial charge in [-0.1, -0.05) is 23.7 Å². The second-order valence-corrected chi connectivity index (χ2v) is 5.73. The van der Waals surface area contributed by atoms with E-state index in [9.17, 15) is 4.79 Å². The summed E-state index contributed by atoms with van der Waals surface area (Å²) in [6, 6.07) is 11.0. The van der Waals surface area contributed by atoms with Crippen LogP contribution >= 0.6 is 11.6 Å². The van der Waals surface area contributed by atoms with E-state index in [4.69, 9.17) is 16.3 Å². The van der Waals surface area contributed by atoms with E-state index in [1.54, 1.807) is 35.9 Å². The van der Waals surface area contributed by atoms with Crippen molar-refractivity contribution in [3.8, 4) is 5.75 Å². The molecule has 0 fully saturated rings. The molecule has 6 nitrogen and oxygen atoms in total. The molecule has 0 saturated carbocycles. The van der Waals surface area contributed by atoms with E-state index in [1.807, 2.05) is 31.2 Å². The zero-order valence-corrected chi connectivity index (χ0v) is 14.6. The Kier molecular flexibility index (Phi) is 5.00. The van der Waals surface area contributed by atoms with Crippen LogP contribution < -0.4 is 10.2 Å². The van der Waals surface area contributed by atoms with Gasteiger partial charge in [0.05, 0.1) is 23.5 Å². The van der Waals surface area contributed by atoms with E-state index >= 15 is 0 Å². The Balaban J connectivity index is 1.82. The third kappa shape index (κ3) is 3.64. The number of imidazole rings is 1. The van der Waals surface area contributed by atoms with Crippen LogP contribution in [0.1, 0.15) is 28.7 Å². The molecule has 0 atom stereocenters. The summed E-state index contributed by atoms with van der Waals surface area (Å²) >= 11 is 6.01. The van der Waals surface area contributed by atoms with Crippen molar-refractivity contribution < 1.29 is 9.53 Å². The number of carbonyl (C=O) groups is 1. The summed E-state index contributed by atoms with van der Waals surface area (Å²) in [4.78, 5) is 16.8. The van der Waals surface area contributed by atoms with Crippen molar-refractivity contribution in [1.82, 2.24) is 14.8 Å². The molecule has 1 N–H and O–H groups in total.